The van der Waals surface area contributed by atoms with Crippen molar-refractivity contribution in [3.63, 3.8) is 0 Å². The molecular formula is C25H36O8. The number of hydrogen-bond acceptors (Lipinski definition) is 8. The van der Waals surface area contributed by atoms with E-state index in [0.717, 1.165) is 31.3 Å². The molecule has 5 aliphatic rings. The van der Waals surface area contributed by atoms with Crippen molar-refractivity contribution >= 4 is 11.6 Å². The summed E-state index contributed by atoms with van der Waals surface area (Å²) >= 11 is 0. The van der Waals surface area contributed by atoms with Gasteiger partial charge in [0.05, 0.1) is 12.7 Å². The van der Waals surface area contributed by atoms with Crippen molar-refractivity contribution in [2.45, 2.75) is 95.6 Å². The minimum absolute atomic E-state index is 0.0909. The molecular weight excluding hydrogens is 428 g/mol. The molecule has 33 heavy (non-hydrogen) atoms. The van der Waals surface area contributed by atoms with Crippen molar-refractivity contribution < 1.29 is 39.5 Å². The number of ketones is 2. The Kier molecular flexibility index (Phi) is 5.86. The molecule has 4 aliphatic carbocycles. The number of fused-ring (bicyclic) bond motifs is 5. The van der Waals surface area contributed by atoms with Crippen LogP contribution in [0.3, 0.4) is 0 Å². The molecule has 11 atom stereocenters. The van der Waals surface area contributed by atoms with Gasteiger partial charge < -0.3 is 29.9 Å². The zero-order chi connectivity index (χ0) is 23.7. The van der Waals surface area contributed by atoms with Gasteiger partial charge in [0.1, 0.15) is 30.2 Å². The lowest BCUT2D eigenvalue weighted by atomic mass is 9.48. The van der Waals surface area contributed by atoms with E-state index in [0.29, 0.717) is 25.0 Å². The van der Waals surface area contributed by atoms with E-state index in [4.69, 9.17) is 9.47 Å². The molecule has 0 aromatic carbocycles. The molecule has 0 amide bonds. The fourth-order valence-corrected chi connectivity index (χ4v) is 7.63. The van der Waals surface area contributed by atoms with Crippen molar-refractivity contribution in [2.24, 2.45) is 28.6 Å². The molecule has 3 unspecified atom stereocenters. The Morgan fingerprint density at radius 1 is 1.00 bits per heavy atom. The monoisotopic (exact) mass is 464 g/mol. The number of aliphatic hydroxyl groups is 4. The lowest BCUT2D eigenvalue weighted by Gasteiger charge is -2.56. The van der Waals surface area contributed by atoms with Crippen LogP contribution in [0.5, 0.6) is 0 Å². The molecule has 1 heterocycles. The molecule has 0 radical (unpaired) electrons. The van der Waals surface area contributed by atoms with Crippen LogP contribution < -0.4 is 0 Å². The number of Topliss-reactive ketones (excluding diaryl/α,β-unsaturated/α-hetero) is 1. The third-order valence-corrected chi connectivity index (χ3v) is 9.78. The number of aliphatic hydroxyl groups excluding tert-OH is 4. The predicted octanol–water partition coefficient (Wildman–Crippen LogP) is 0.882. The van der Waals surface area contributed by atoms with Crippen molar-refractivity contribution in [3.8, 4) is 0 Å². The van der Waals surface area contributed by atoms with Crippen LogP contribution in [0.4, 0.5) is 0 Å². The van der Waals surface area contributed by atoms with E-state index >= 15 is 0 Å². The number of carbonyl (C=O) groups excluding carboxylic acids is 2. The minimum Gasteiger partial charge on any atom is -0.394 e. The highest BCUT2D eigenvalue weighted by Gasteiger charge is 2.61. The van der Waals surface area contributed by atoms with Crippen molar-refractivity contribution in [2.75, 3.05) is 6.61 Å². The van der Waals surface area contributed by atoms with Gasteiger partial charge in [0.15, 0.2) is 12.1 Å². The van der Waals surface area contributed by atoms with Gasteiger partial charge in [-0.3, -0.25) is 9.59 Å². The third kappa shape index (κ3) is 3.48. The minimum atomic E-state index is -1.48. The number of ether oxygens (including phenoxy) is 2. The number of allylic oxidation sites excluding steroid dienone is 1. The number of carbonyl (C=O) groups is 2. The standard InChI is InChI=1S/C25H36O8/c1-24-7-5-13(32-23-22(31)21(30)20(29)17(11-26)33-23)9-12(24)10-16(27)19-14-3-4-18(28)25(14,2)8-6-15(19)24/h10,13-15,17,19-23,26,29-31H,3-9,11H2,1-2H3/t13-,14?,15?,17+,19?,20+,21-,22+,23-,24-,25-/m0/s1. The van der Waals surface area contributed by atoms with E-state index in [1.807, 2.05) is 0 Å². The summed E-state index contributed by atoms with van der Waals surface area (Å²) in [6, 6.07) is 0. The summed E-state index contributed by atoms with van der Waals surface area (Å²) in [4.78, 5) is 25.9. The van der Waals surface area contributed by atoms with Crippen molar-refractivity contribution in [1.29, 1.82) is 0 Å². The Morgan fingerprint density at radius 2 is 1.70 bits per heavy atom. The molecule has 0 aromatic heterocycles. The zero-order valence-corrected chi connectivity index (χ0v) is 19.4. The average molecular weight is 465 g/mol. The Hall–Kier alpha value is -1.16. The molecule has 3 saturated carbocycles. The van der Waals surface area contributed by atoms with Gasteiger partial charge in [0.2, 0.25) is 0 Å². The average Bonchev–Trinajstić information content (AvgIpc) is 3.09. The Bertz CT molecular complexity index is 853. The van der Waals surface area contributed by atoms with E-state index in [1.54, 1.807) is 6.08 Å². The zero-order valence-electron chi connectivity index (χ0n) is 19.4. The topological polar surface area (TPSA) is 134 Å². The van der Waals surface area contributed by atoms with Gasteiger partial charge in [0.25, 0.3) is 0 Å². The van der Waals surface area contributed by atoms with Crippen LogP contribution >= 0.6 is 0 Å². The Balaban J connectivity index is 1.34. The SMILES string of the molecule is C[C@]12CC[C@H](O[C@H]3O[C@H](CO)[C@@H](O)[C@H](O)[C@H]3O)CC1=CC(=O)C1C2CC[C@]2(C)C(=O)CCC12. The summed E-state index contributed by atoms with van der Waals surface area (Å²) in [5.41, 5.74) is 0.574. The number of rotatable bonds is 3. The summed E-state index contributed by atoms with van der Waals surface area (Å²) in [5.74, 6) is 0.713. The van der Waals surface area contributed by atoms with Crippen LogP contribution in [0.2, 0.25) is 0 Å². The van der Waals surface area contributed by atoms with E-state index in [2.05, 4.69) is 13.8 Å². The molecule has 1 aliphatic heterocycles. The first kappa shape index (κ1) is 23.6. The van der Waals surface area contributed by atoms with E-state index in [1.165, 1.54) is 0 Å². The van der Waals surface area contributed by atoms with Crippen molar-refractivity contribution in [3.05, 3.63) is 11.6 Å². The first-order valence-corrected chi connectivity index (χ1v) is 12.3. The maximum absolute atomic E-state index is 13.3. The fourth-order valence-electron chi connectivity index (χ4n) is 7.63. The van der Waals surface area contributed by atoms with Gasteiger partial charge in [-0.1, -0.05) is 19.4 Å². The molecule has 1 saturated heterocycles. The van der Waals surface area contributed by atoms with Crippen LogP contribution in [-0.2, 0) is 19.1 Å². The Labute approximate surface area is 194 Å². The Morgan fingerprint density at radius 3 is 2.42 bits per heavy atom. The molecule has 0 spiro atoms. The van der Waals surface area contributed by atoms with Crippen LogP contribution in [0, 0.1) is 28.6 Å². The maximum atomic E-state index is 13.3. The fraction of sp³-hybridized carbons (Fsp3) is 0.840. The lowest BCUT2D eigenvalue weighted by molar-refractivity contribution is -0.313. The van der Waals surface area contributed by atoms with Crippen LogP contribution in [-0.4, -0.2) is 75.4 Å². The summed E-state index contributed by atoms with van der Waals surface area (Å²) in [7, 11) is 0. The summed E-state index contributed by atoms with van der Waals surface area (Å²) in [6.45, 7) is 3.80. The highest BCUT2D eigenvalue weighted by atomic mass is 16.7. The molecule has 4 fully saturated rings. The third-order valence-electron chi connectivity index (χ3n) is 9.78. The maximum Gasteiger partial charge on any atom is 0.186 e. The molecule has 4 N–H and O–H groups in total. The van der Waals surface area contributed by atoms with Gasteiger partial charge in [-0.25, -0.2) is 0 Å². The quantitative estimate of drug-likeness (QED) is 0.484. The second kappa shape index (κ2) is 8.21. The van der Waals surface area contributed by atoms with Gasteiger partial charge in [0, 0.05) is 17.8 Å². The van der Waals surface area contributed by atoms with Crippen LogP contribution in [0.25, 0.3) is 0 Å². The van der Waals surface area contributed by atoms with Crippen LogP contribution in [0.15, 0.2) is 11.6 Å². The summed E-state index contributed by atoms with van der Waals surface area (Å²) in [5, 5.41) is 39.8. The molecule has 0 bridgehead atoms. The molecule has 8 nitrogen and oxygen atoms in total. The van der Waals surface area contributed by atoms with E-state index < -0.39 is 37.3 Å². The number of hydrogen-bond donors (Lipinski definition) is 4. The lowest BCUT2D eigenvalue weighted by Crippen LogP contribution is -2.60. The highest BCUT2D eigenvalue weighted by Crippen LogP contribution is 2.63. The molecule has 5 rings (SSSR count). The normalized spacial score (nSPS) is 52.1. The smallest absolute Gasteiger partial charge is 0.186 e. The second-order valence-corrected chi connectivity index (χ2v) is 11.3. The largest absolute Gasteiger partial charge is 0.394 e. The van der Waals surface area contributed by atoms with Gasteiger partial charge in [-0.15, -0.1) is 0 Å². The molecule has 0 aromatic rings. The van der Waals surface area contributed by atoms with Gasteiger partial charge in [-0.05, 0) is 61.9 Å². The van der Waals surface area contributed by atoms with E-state index in [-0.39, 0.29) is 40.5 Å². The van der Waals surface area contributed by atoms with Gasteiger partial charge in [-0.2, -0.15) is 0 Å². The van der Waals surface area contributed by atoms with Crippen molar-refractivity contribution in [1.82, 2.24) is 0 Å². The first-order valence-electron chi connectivity index (χ1n) is 12.3. The second-order valence-electron chi connectivity index (χ2n) is 11.3. The highest BCUT2D eigenvalue weighted by molar-refractivity contribution is 5.96. The van der Waals surface area contributed by atoms with E-state index in [9.17, 15) is 30.0 Å². The summed E-state index contributed by atoms with van der Waals surface area (Å²) < 4.78 is 11.5. The van der Waals surface area contributed by atoms with Crippen LogP contribution in [0.1, 0.15) is 58.8 Å². The molecule has 8 heteroatoms. The van der Waals surface area contributed by atoms with Gasteiger partial charge >= 0.3 is 0 Å². The predicted molar refractivity (Wildman–Crippen MR) is 116 cm³/mol. The molecule has 184 valence electrons. The first-order chi connectivity index (χ1) is 15.6. The summed E-state index contributed by atoms with van der Waals surface area (Å²) in [6.07, 6.45) is 0.158.